The molecular formula is C37H70NO7+. The number of unbranched alkanes of at least 4 members (excludes halogenated alkanes) is 16. The largest absolute Gasteiger partial charge is 0.477 e. The van der Waals surface area contributed by atoms with Crippen molar-refractivity contribution in [1.29, 1.82) is 0 Å². The number of nitrogens with zero attached hydrogens (tertiary/aromatic N) is 1. The molecule has 0 bridgehead atoms. The zero-order chi connectivity index (χ0) is 33.6. The molecule has 2 unspecified atom stereocenters. The van der Waals surface area contributed by atoms with Crippen LogP contribution in [0, 0.1) is 0 Å². The predicted molar refractivity (Wildman–Crippen MR) is 183 cm³/mol. The second-order valence-corrected chi connectivity index (χ2v) is 13.5. The van der Waals surface area contributed by atoms with E-state index in [0.717, 1.165) is 51.4 Å². The van der Waals surface area contributed by atoms with Crippen molar-refractivity contribution >= 4 is 17.9 Å². The number of hydrogen-bond acceptors (Lipinski definition) is 6. The third-order valence-electron chi connectivity index (χ3n) is 8.16. The number of carboxylic acid groups (broad SMARTS) is 1. The van der Waals surface area contributed by atoms with Crippen LogP contribution in [-0.4, -0.2) is 80.6 Å². The summed E-state index contributed by atoms with van der Waals surface area (Å²) in [5.41, 5.74) is 0. The van der Waals surface area contributed by atoms with Crippen LogP contribution in [0.4, 0.5) is 0 Å². The molecule has 8 heteroatoms. The Labute approximate surface area is 276 Å². The Bertz CT molecular complexity index is 762. The third kappa shape index (κ3) is 28.1. The van der Waals surface area contributed by atoms with Crippen molar-refractivity contribution in [2.45, 2.75) is 167 Å². The van der Waals surface area contributed by atoms with Gasteiger partial charge < -0.3 is 23.8 Å². The van der Waals surface area contributed by atoms with E-state index >= 15 is 0 Å². The van der Waals surface area contributed by atoms with Crippen LogP contribution in [-0.2, 0) is 28.6 Å². The first kappa shape index (κ1) is 43.1. The number of hydrogen-bond donors (Lipinski definition) is 1. The highest BCUT2D eigenvalue weighted by molar-refractivity contribution is 5.72. The molecule has 264 valence electrons. The lowest BCUT2D eigenvalue weighted by molar-refractivity contribution is -0.887. The normalized spacial score (nSPS) is 13.2. The van der Waals surface area contributed by atoms with Gasteiger partial charge in [-0.2, -0.15) is 0 Å². The number of allylic oxidation sites excluding steroid dienone is 2. The molecule has 2 atom stereocenters. The van der Waals surface area contributed by atoms with Gasteiger partial charge in [-0.1, -0.05) is 109 Å². The minimum absolute atomic E-state index is 0.0533. The van der Waals surface area contributed by atoms with Crippen molar-refractivity contribution in [3.63, 3.8) is 0 Å². The summed E-state index contributed by atoms with van der Waals surface area (Å²) in [5, 5.41) is 9.55. The number of carbonyl (C=O) groups excluding carboxylic acids is 2. The summed E-state index contributed by atoms with van der Waals surface area (Å²) >= 11 is 0. The van der Waals surface area contributed by atoms with Gasteiger partial charge in [0.2, 0.25) is 0 Å². The smallest absolute Gasteiger partial charge is 0.362 e. The molecule has 8 nitrogen and oxygen atoms in total. The maximum Gasteiger partial charge on any atom is 0.362 e. The van der Waals surface area contributed by atoms with Crippen molar-refractivity contribution in [3.8, 4) is 0 Å². The fourth-order valence-corrected chi connectivity index (χ4v) is 5.26. The highest BCUT2D eigenvalue weighted by Crippen LogP contribution is 2.13. The minimum atomic E-state index is -0.878. The summed E-state index contributed by atoms with van der Waals surface area (Å²) in [6, 6.07) is -0.610. The lowest BCUT2D eigenvalue weighted by Gasteiger charge is -2.31. The number of carbonyl (C=O) groups is 3. The summed E-state index contributed by atoms with van der Waals surface area (Å²) in [6.45, 7) is 4.66. The quantitative estimate of drug-likeness (QED) is 0.0339. The Kier molecular flexibility index (Phi) is 28.2. The summed E-state index contributed by atoms with van der Waals surface area (Å²) in [6.07, 6.45) is 26.9. The summed E-state index contributed by atoms with van der Waals surface area (Å²) < 4.78 is 17.1. The zero-order valence-electron chi connectivity index (χ0n) is 29.8. The van der Waals surface area contributed by atoms with Crippen molar-refractivity contribution < 1.29 is 38.2 Å². The van der Waals surface area contributed by atoms with E-state index in [2.05, 4.69) is 26.0 Å². The number of ether oxygens (including phenoxy) is 3. The van der Waals surface area contributed by atoms with Gasteiger partial charge >= 0.3 is 17.9 Å². The molecule has 0 aromatic heterocycles. The summed E-state index contributed by atoms with van der Waals surface area (Å²) in [7, 11) is 5.50. The molecule has 0 spiro atoms. The van der Waals surface area contributed by atoms with Crippen LogP contribution in [0.3, 0.4) is 0 Å². The molecule has 0 heterocycles. The van der Waals surface area contributed by atoms with Gasteiger partial charge in [0.1, 0.15) is 6.61 Å². The number of carboxylic acids is 1. The van der Waals surface area contributed by atoms with Gasteiger partial charge in [-0.05, 0) is 38.5 Å². The van der Waals surface area contributed by atoms with E-state index < -0.39 is 18.1 Å². The van der Waals surface area contributed by atoms with Crippen LogP contribution in [0.5, 0.6) is 0 Å². The number of quaternary nitrogens is 1. The molecule has 0 aromatic carbocycles. The molecule has 0 aliphatic rings. The highest BCUT2D eigenvalue weighted by atomic mass is 16.6. The van der Waals surface area contributed by atoms with Crippen molar-refractivity contribution in [3.05, 3.63) is 12.2 Å². The van der Waals surface area contributed by atoms with Crippen molar-refractivity contribution in [1.82, 2.24) is 0 Å². The molecule has 0 aliphatic carbocycles. The zero-order valence-corrected chi connectivity index (χ0v) is 29.8. The monoisotopic (exact) mass is 641 g/mol. The van der Waals surface area contributed by atoms with Crippen LogP contribution in [0.15, 0.2) is 12.2 Å². The molecule has 0 aromatic rings. The Morgan fingerprint density at radius 2 is 1.11 bits per heavy atom. The van der Waals surface area contributed by atoms with E-state index in [1.54, 1.807) is 0 Å². The number of rotatable bonds is 32. The number of aliphatic carboxylic acids is 1. The fraction of sp³-hybridized carbons (Fsp3) is 0.865. The van der Waals surface area contributed by atoms with Gasteiger partial charge in [0.15, 0.2) is 12.1 Å². The molecule has 0 fully saturated rings. The molecule has 1 N–H and O–H groups in total. The number of esters is 2. The van der Waals surface area contributed by atoms with Crippen LogP contribution in [0.2, 0.25) is 0 Å². The van der Waals surface area contributed by atoms with Crippen LogP contribution < -0.4 is 0 Å². The Balaban J connectivity index is 4.43. The molecule has 0 radical (unpaired) electrons. The van der Waals surface area contributed by atoms with Crippen LogP contribution in [0.25, 0.3) is 0 Å². The average Bonchev–Trinajstić information content (AvgIpc) is 2.98. The first-order valence-electron chi connectivity index (χ1n) is 18.2. The van der Waals surface area contributed by atoms with Crippen molar-refractivity contribution in [2.75, 3.05) is 41.0 Å². The summed E-state index contributed by atoms with van der Waals surface area (Å²) in [4.78, 5) is 36.5. The van der Waals surface area contributed by atoms with E-state index in [1.165, 1.54) is 70.6 Å². The Hall–Kier alpha value is -1.93. The molecule has 0 saturated carbocycles. The lowest BCUT2D eigenvalue weighted by atomic mass is 10.1. The topological polar surface area (TPSA) is 99.1 Å². The van der Waals surface area contributed by atoms with Gasteiger partial charge in [-0.15, -0.1) is 0 Å². The Morgan fingerprint density at radius 3 is 1.62 bits per heavy atom. The van der Waals surface area contributed by atoms with Gasteiger partial charge in [0.25, 0.3) is 0 Å². The van der Waals surface area contributed by atoms with E-state index in [0.29, 0.717) is 19.3 Å². The number of likely N-dealkylation sites (N-methyl/N-ethyl adjacent to an activating group) is 1. The van der Waals surface area contributed by atoms with Gasteiger partial charge in [-0.3, -0.25) is 9.59 Å². The molecule has 45 heavy (non-hydrogen) atoms. The fourth-order valence-electron chi connectivity index (χ4n) is 5.26. The predicted octanol–water partition coefficient (Wildman–Crippen LogP) is 8.80. The molecule has 0 saturated heterocycles. The average molecular weight is 641 g/mol. The first-order valence-corrected chi connectivity index (χ1v) is 18.2. The van der Waals surface area contributed by atoms with E-state index in [-0.39, 0.29) is 36.2 Å². The maximum atomic E-state index is 12.6. The second kappa shape index (κ2) is 29.5. The van der Waals surface area contributed by atoms with Gasteiger partial charge in [-0.25, -0.2) is 4.79 Å². The van der Waals surface area contributed by atoms with Gasteiger partial charge in [0, 0.05) is 19.3 Å². The SMILES string of the molecule is CCCCCCCCC/C=C/CCCCCC(=O)OC(COCCC(C(=O)O)[N+](C)(C)C)COC(=O)CCCCCCCCC. The van der Waals surface area contributed by atoms with Crippen LogP contribution in [0.1, 0.15) is 155 Å². The summed E-state index contributed by atoms with van der Waals surface area (Å²) in [5.74, 6) is -1.49. The maximum absolute atomic E-state index is 12.6. The molecule has 0 amide bonds. The molecule has 0 aliphatic heterocycles. The first-order chi connectivity index (χ1) is 21.6. The van der Waals surface area contributed by atoms with E-state index in [9.17, 15) is 19.5 Å². The van der Waals surface area contributed by atoms with E-state index in [4.69, 9.17) is 14.2 Å². The third-order valence-corrected chi connectivity index (χ3v) is 8.16. The minimum Gasteiger partial charge on any atom is -0.477 e. The Morgan fingerprint density at radius 1 is 0.644 bits per heavy atom. The highest BCUT2D eigenvalue weighted by Gasteiger charge is 2.31. The molecular weight excluding hydrogens is 570 g/mol. The van der Waals surface area contributed by atoms with E-state index in [1.807, 2.05) is 21.1 Å². The second-order valence-electron chi connectivity index (χ2n) is 13.5. The van der Waals surface area contributed by atoms with Crippen LogP contribution >= 0.6 is 0 Å². The van der Waals surface area contributed by atoms with Gasteiger partial charge in [0.05, 0.1) is 34.4 Å². The molecule has 0 rings (SSSR count). The standard InChI is InChI=1S/C37H69NO7/c1-6-8-10-12-14-15-16-17-18-19-20-22-24-26-28-36(40)45-33(31-43-30-29-34(37(41)42)38(3,4)5)32-44-35(39)27-25-23-21-13-11-9-7-2/h18-19,33-34H,6-17,20-32H2,1-5H3/p+1/b19-18+. The van der Waals surface area contributed by atoms with Crippen molar-refractivity contribution in [2.24, 2.45) is 0 Å². The lowest BCUT2D eigenvalue weighted by Crippen LogP contribution is -2.50.